The highest BCUT2D eigenvalue weighted by Crippen LogP contribution is 2.26. The number of fused-ring (bicyclic) bond motifs is 1. The number of hydrogen-bond acceptors (Lipinski definition) is 6. The number of benzene rings is 1. The smallest absolute Gasteiger partial charge is 0.251 e. The molecule has 20 heavy (non-hydrogen) atoms. The summed E-state index contributed by atoms with van der Waals surface area (Å²) in [6.45, 7) is -0.0516. The predicted octanol–water partition coefficient (Wildman–Crippen LogP) is 0.553. The maximum Gasteiger partial charge on any atom is 0.251 e. The van der Waals surface area contributed by atoms with Crippen molar-refractivity contribution in [1.82, 2.24) is 14.1 Å². The lowest BCUT2D eigenvalue weighted by atomic mass is 10.1. The molecule has 1 fully saturated rings. The van der Waals surface area contributed by atoms with E-state index in [0.717, 1.165) is 17.2 Å². The third kappa shape index (κ3) is 2.52. The predicted molar refractivity (Wildman–Crippen MR) is 74.5 cm³/mol. The van der Waals surface area contributed by atoms with E-state index in [1.54, 1.807) is 18.2 Å². The highest BCUT2D eigenvalue weighted by Gasteiger charge is 2.33. The van der Waals surface area contributed by atoms with Gasteiger partial charge in [-0.2, -0.15) is 8.75 Å². The van der Waals surface area contributed by atoms with Gasteiger partial charge in [-0.05, 0) is 31.0 Å². The Morgan fingerprint density at radius 3 is 2.90 bits per heavy atom. The van der Waals surface area contributed by atoms with Crippen LogP contribution in [0.15, 0.2) is 18.2 Å². The third-order valence-corrected chi connectivity index (χ3v) is 4.30. The van der Waals surface area contributed by atoms with Crippen molar-refractivity contribution >= 4 is 28.7 Å². The fourth-order valence-corrected chi connectivity index (χ4v) is 3.13. The monoisotopic (exact) mass is 293 g/mol. The molecular weight excluding hydrogens is 278 g/mol. The van der Waals surface area contributed by atoms with Crippen molar-refractivity contribution in [3.63, 3.8) is 0 Å². The number of hydrogen-bond donors (Lipinski definition) is 3. The molecule has 0 saturated heterocycles. The van der Waals surface area contributed by atoms with Crippen LogP contribution in [0.2, 0.25) is 0 Å². The zero-order valence-corrected chi connectivity index (χ0v) is 11.5. The minimum Gasteiger partial charge on any atom is -0.396 e. The Morgan fingerprint density at radius 2 is 2.15 bits per heavy atom. The fourth-order valence-electron chi connectivity index (χ4n) is 2.61. The van der Waals surface area contributed by atoms with Gasteiger partial charge in [0.05, 0.1) is 17.8 Å². The Hall–Kier alpha value is -1.57. The van der Waals surface area contributed by atoms with Gasteiger partial charge in [0, 0.05) is 24.1 Å². The molecule has 3 N–H and O–H groups in total. The van der Waals surface area contributed by atoms with E-state index in [2.05, 4.69) is 14.1 Å². The van der Waals surface area contributed by atoms with Crippen LogP contribution in [0.1, 0.15) is 23.2 Å². The Balaban J connectivity index is 1.70. The maximum atomic E-state index is 12.2. The van der Waals surface area contributed by atoms with Gasteiger partial charge in [0.25, 0.3) is 5.91 Å². The van der Waals surface area contributed by atoms with Gasteiger partial charge in [-0.3, -0.25) is 4.79 Å². The van der Waals surface area contributed by atoms with Crippen LogP contribution in [0.4, 0.5) is 0 Å². The zero-order valence-electron chi connectivity index (χ0n) is 10.7. The van der Waals surface area contributed by atoms with E-state index >= 15 is 0 Å². The molecule has 2 aromatic rings. The minimum atomic E-state index is -0.546. The summed E-state index contributed by atoms with van der Waals surface area (Å²) in [7, 11) is 0. The van der Waals surface area contributed by atoms with Gasteiger partial charge in [-0.25, -0.2) is 0 Å². The molecule has 1 aliphatic carbocycles. The average molecular weight is 293 g/mol. The minimum absolute atomic E-state index is 0.0516. The Morgan fingerprint density at radius 1 is 1.35 bits per heavy atom. The molecular formula is C13H15N3O3S. The third-order valence-electron chi connectivity index (χ3n) is 3.74. The summed E-state index contributed by atoms with van der Waals surface area (Å²) in [5.41, 5.74) is 2.03. The average Bonchev–Trinajstić information content (AvgIpc) is 3.03. The molecule has 6 nitrogen and oxygen atoms in total. The topological polar surface area (TPSA) is 95.3 Å². The number of aliphatic hydroxyl groups is 2. The van der Waals surface area contributed by atoms with E-state index in [9.17, 15) is 9.90 Å². The second-order valence-corrected chi connectivity index (χ2v) is 5.65. The summed E-state index contributed by atoms with van der Waals surface area (Å²) < 4.78 is 8.20. The second-order valence-electron chi connectivity index (χ2n) is 5.12. The van der Waals surface area contributed by atoms with Crippen LogP contribution in [0.3, 0.4) is 0 Å². The SMILES string of the molecule is O=C(N[C@H]1C[C@H](CO)[C@H](O)C1)c1ccc2nsnc2c1. The van der Waals surface area contributed by atoms with E-state index in [4.69, 9.17) is 5.11 Å². The summed E-state index contributed by atoms with van der Waals surface area (Å²) in [6, 6.07) is 5.10. The summed E-state index contributed by atoms with van der Waals surface area (Å²) in [6.07, 6.45) is 0.539. The van der Waals surface area contributed by atoms with Crippen molar-refractivity contribution in [2.24, 2.45) is 5.92 Å². The number of rotatable bonds is 3. The van der Waals surface area contributed by atoms with Crippen molar-refractivity contribution in [2.75, 3.05) is 6.61 Å². The van der Waals surface area contributed by atoms with E-state index in [1.807, 2.05) is 0 Å². The molecule has 0 radical (unpaired) electrons. The molecule has 1 aliphatic rings. The lowest BCUT2D eigenvalue weighted by molar-refractivity contribution is 0.0903. The molecule has 0 bridgehead atoms. The number of nitrogens with zero attached hydrogens (tertiary/aromatic N) is 2. The van der Waals surface area contributed by atoms with Crippen LogP contribution >= 0.6 is 11.7 Å². The fraction of sp³-hybridized carbons (Fsp3) is 0.462. The Labute approximate surface area is 119 Å². The van der Waals surface area contributed by atoms with Gasteiger partial charge < -0.3 is 15.5 Å². The zero-order chi connectivity index (χ0) is 14.1. The van der Waals surface area contributed by atoms with Crippen molar-refractivity contribution < 1.29 is 15.0 Å². The van der Waals surface area contributed by atoms with E-state index in [0.29, 0.717) is 23.9 Å². The Bertz CT molecular complexity index is 630. The first-order chi connectivity index (χ1) is 9.67. The van der Waals surface area contributed by atoms with Crippen LogP contribution in [-0.4, -0.2) is 43.6 Å². The van der Waals surface area contributed by atoms with E-state index < -0.39 is 6.10 Å². The number of nitrogens with one attached hydrogen (secondary N) is 1. The summed E-state index contributed by atoms with van der Waals surface area (Å²) in [4.78, 5) is 12.2. The van der Waals surface area contributed by atoms with Crippen molar-refractivity contribution in [2.45, 2.75) is 25.0 Å². The molecule has 1 aromatic heterocycles. The molecule has 3 atom stereocenters. The normalized spacial score (nSPS) is 26.0. The summed E-state index contributed by atoms with van der Waals surface area (Å²) in [5.74, 6) is -0.332. The molecule has 0 spiro atoms. The van der Waals surface area contributed by atoms with Crippen LogP contribution in [0.5, 0.6) is 0 Å². The molecule has 3 rings (SSSR count). The van der Waals surface area contributed by atoms with Crippen LogP contribution in [0.25, 0.3) is 11.0 Å². The van der Waals surface area contributed by atoms with E-state index in [-0.39, 0.29) is 24.5 Å². The molecule has 1 amide bonds. The van der Waals surface area contributed by atoms with Gasteiger partial charge in [0.15, 0.2) is 0 Å². The van der Waals surface area contributed by atoms with Crippen molar-refractivity contribution in [1.29, 1.82) is 0 Å². The van der Waals surface area contributed by atoms with E-state index in [1.165, 1.54) is 0 Å². The number of carbonyl (C=O) groups excluding carboxylic acids is 1. The Kier molecular flexibility index (Phi) is 3.64. The first kappa shape index (κ1) is 13.4. The molecule has 106 valence electrons. The van der Waals surface area contributed by atoms with Crippen molar-refractivity contribution in [3.05, 3.63) is 23.8 Å². The first-order valence-electron chi connectivity index (χ1n) is 6.49. The molecule has 1 heterocycles. The van der Waals surface area contributed by atoms with Gasteiger partial charge in [-0.15, -0.1) is 0 Å². The number of amides is 1. The summed E-state index contributed by atoms with van der Waals surface area (Å²) in [5, 5.41) is 21.7. The first-order valence-corrected chi connectivity index (χ1v) is 7.22. The van der Waals surface area contributed by atoms with Crippen LogP contribution in [-0.2, 0) is 0 Å². The highest BCUT2D eigenvalue weighted by molar-refractivity contribution is 7.00. The molecule has 1 saturated carbocycles. The van der Waals surface area contributed by atoms with Crippen molar-refractivity contribution in [3.8, 4) is 0 Å². The lowest BCUT2D eigenvalue weighted by Gasteiger charge is -2.12. The number of aliphatic hydroxyl groups excluding tert-OH is 2. The van der Waals surface area contributed by atoms with Crippen LogP contribution in [0, 0.1) is 5.92 Å². The second kappa shape index (κ2) is 5.43. The largest absolute Gasteiger partial charge is 0.396 e. The summed E-state index contributed by atoms with van der Waals surface area (Å²) >= 11 is 1.12. The highest BCUT2D eigenvalue weighted by atomic mass is 32.1. The van der Waals surface area contributed by atoms with Gasteiger partial charge in [-0.1, -0.05) is 0 Å². The number of aromatic nitrogens is 2. The quantitative estimate of drug-likeness (QED) is 0.768. The van der Waals surface area contributed by atoms with Gasteiger partial charge in [0.1, 0.15) is 11.0 Å². The standard InChI is InChI=1S/C13H15N3O3S/c17-6-8-3-9(5-12(8)18)14-13(19)7-1-2-10-11(4-7)16-20-15-10/h1-2,4,8-9,12,17-18H,3,5-6H2,(H,14,19)/t8-,9+,12-/m1/s1. The molecule has 1 aromatic carbocycles. The molecule has 0 aliphatic heterocycles. The van der Waals surface area contributed by atoms with Gasteiger partial charge in [0.2, 0.25) is 0 Å². The lowest BCUT2D eigenvalue weighted by Crippen LogP contribution is -2.33. The maximum absolute atomic E-state index is 12.2. The number of carbonyl (C=O) groups is 1. The van der Waals surface area contributed by atoms with Crippen LogP contribution < -0.4 is 5.32 Å². The van der Waals surface area contributed by atoms with Gasteiger partial charge >= 0.3 is 0 Å². The molecule has 7 heteroatoms. The molecule has 0 unspecified atom stereocenters.